The third-order valence-corrected chi connectivity index (χ3v) is 4.51. The number of nitrogens with zero attached hydrogens (tertiary/aromatic N) is 4. The van der Waals surface area contributed by atoms with Crippen LogP contribution in [0.4, 0.5) is 10.6 Å². The van der Waals surface area contributed by atoms with Gasteiger partial charge < -0.3 is 20.7 Å². The third kappa shape index (κ3) is 6.53. The Labute approximate surface area is 180 Å². The number of nitrogens with one attached hydrogen (secondary N) is 3. The highest BCUT2D eigenvalue weighted by Crippen LogP contribution is 2.13. The zero-order valence-corrected chi connectivity index (χ0v) is 17.5. The van der Waals surface area contributed by atoms with Crippen molar-refractivity contribution in [1.29, 1.82) is 0 Å². The number of imidazole rings is 1. The molecule has 2 aromatic heterocycles. The highest BCUT2D eigenvalue weighted by Gasteiger charge is 2.08. The number of amides is 2. The Hall–Kier alpha value is -3.95. The van der Waals surface area contributed by atoms with Crippen molar-refractivity contribution in [3.63, 3.8) is 0 Å². The number of carbonyl (C=O) groups is 2. The minimum absolute atomic E-state index is 0.150. The van der Waals surface area contributed by atoms with Crippen LogP contribution >= 0.6 is 0 Å². The van der Waals surface area contributed by atoms with Gasteiger partial charge in [-0.25, -0.2) is 19.7 Å². The quantitative estimate of drug-likeness (QED) is 0.448. The zero-order chi connectivity index (χ0) is 22.1. The monoisotopic (exact) mass is 423 g/mol. The number of aromatic nitrogens is 4. The van der Waals surface area contributed by atoms with Crippen molar-refractivity contribution in [3.05, 3.63) is 66.0 Å². The summed E-state index contributed by atoms with van der Waals surface area (Å²) in [6, 6.07) is 11.1. The number of alkyl carbamates (subject to hydrolysis) is 1. The van der Waals surface area contributed by atoms with E-state index in [1.807, 2.05) is 48.7 Å². The second-order valence-corrected chi connectivity index (χ2v) is 6.74. The molecule has 3 aromatic rings. The lowest BCUT2D eigenvalue weighted by molar-refractivity contribution is -0.120. The predicted octanol–water partition coefficient (Wildman–Crippen LogP) is 1.73. The maximum atomic E-state index is 11.9. The highest BCUT2D eigenvalue weighted by atomic mass is 16.5. The van der Waals surface area contributed by atoms with E-state index in [0.29, 0.717) is 24.7 Å². The molecular formula is C21H25N7O3. The first-order valence-corrected chi connectivity index (χ1v) is 9.81. The van der Waals surface area contributed by atoms with E-state index in [1.165, 1.54) is 6.33 Å². The molecule has 0 bridgehead atoms. The summed E-state index contributed by atoms with van der Waals surface area (Å²) in [4.78, 5) is 36.2. The first-order valence-electron chi connectivity index (χ1n) is 9.81. The Morgan fingerprint density at radius 3 is 2.58 bits per heavy atom. The molecule has 10 nitrogen and oxygen atoms in total. The molecule has 0 aliphatic carbocycles. The van der Waals surface area contributed by atoms with E-state index >= 15 is 0 Å². The van der Waals surface area contributed by atoms with Gasteiger partial charge in [-0.3, -0.25) is 9.36 Å². The van der Waals surface area contributed by atoms with Gasteiger partial charge in [0.2, 0.25) is 5.91 Å². The van der Waals surface area contributed by atoms with Gasteiger partial charge in [0.25, 0.3) is 0 Å². The van der Waals surface area contributed by atoms with Gasteiger partial charge in [-0.05, 0) is 19.4 Å². The number of anilines is 1. The molecule has 0 fully saturated rings. The Morgan fingerprint density at radius 2 is 1.84 bits per heavy atom. The van der Waals surface area contributed by atoms with Gasteiger partial charge in [-0.15, -0.1) is 0 Å². The molecule has 2 heterocycles. The van der Waals surface area contributed by atoms with Crippen LogP contribution in [-0.2, 0) is 16.1 Å². The number of benzene rings is 1. The van der Waals surface area contributed by atoms with E-state index in [-0.39, 0.29) is 19.1 Å². The molecule has 3 rings (SSSR count). The largest absolute Gasteiger partial charge is 0.445 e. The Morgan fingerprint density at radius 1 is 1.03 bits per heavy atom. The minimum atomic E-state index is -0.643. The summed E-state index contributed by atoms with van der Waals surface area (Å²) in [7, 11) is 0. The summed E-state index contributed by atoms with van der Waals surface area (Å²) in [6.07, 6.45) is 2.54. The molecule has 0 radical (unpaired) electrons. The van der Waals surface area contributed by atoms with Crippen molar-refractivity contribution < 1.29 is 14.3 Å². The molecule has 0 atom stereocenters. The molecule has 0 saturated heterocycles. The maximum absolute atomic E-state index is 11.9. The van der Waals surface area contributed by atoms with Crippen LogP contribution in [0.2, 0.25) is 0 Å². The summed E-state index contributed by atoms with van der Waals surface area (Å²) in [5, 5.41) is 8.26. The van der Waals surface area contributed by atoms with Gasteiger partial charge >= 0.3 is 6.09 Å². The summed E-state index contributed by atoms with van der Waals surface area (Å²) in [5.74, 6) is 1.02. The average molecular weight is 423 g/mol. The summed E-state index contributed by atoms with van der Waals surface area (Å²) in [5.41, 5.74) is 2.82. The van der Waals surface area contributed by atoms with E-state index in [2.05, 4.69) is 30.9 Å². The van der Waals surface area contributed by atoms with E-state index in [9.17, 15) is 9.59 Å². The lowest BCUT2D eigenvalue weighted by Crippen LogP contribution is -2.38. The number of rotatable bonds is 9. The lowest BCUT2D eigenvalue weighted by Gasteiger charge is -2.10. The van der Waals surface area contributed by atoms with Crippen LogP contribution in [0.3, 0.4) is 0 Å². The number of ether oxygens (including phenoxy) is 1. The highest BCUT2D eigenvalue weighted by molar-refractivity contribution is 5.82. The fourth-order valence-electron chi connectivity index (χ4n) is 2.69. The molecule has 0 spiro atoms. The van der Waals surface area contributed by atoms with Crippen LogP contribution < -0.4 is 16.0 Å². The fraction of sp³-hybridized carbons (Fsp3) is 0.286. The Bertz CT molecular complexity index is 1020. The molecule has 0 aliphatic heterocycles. The van der Waals surface area contributed by atoms with Crippen LogP contribution in [0.15, 0.2) is 49.1 Å². The van der Waals surface area contributed by atoms with Crippen molar-refractivity contribution >= 4 is 17.8 Å². The van der Waals surface area contributed by atoms with Crippen molar-refractivity contribution in [1.82, 2.24) is 30.2 Å². The second kappa shape index (κ2) is 10.7. The van der Waals surface area contributed by atoms with Crippen molar-refractivity contribution in [2.75, 3.05) is 25.0 Å². The first kappa shape index (κ1) is 21.8. The number of aryl methyl sites for hydroxylation is 1. The topological polar surface area (TPSA) is 123 Å². The zero-order valence-electron chi connectivity index (χ0n) is 17.5. The molecule has 0 saturated carbocycles. The van der Waals surface area contributed by atoms with Crippen LogP contribution in [0, 0.1) is 13.8 Å². The van der Waals surface area contributed by atoms with Gasteiger partial charge in [0.15, 0.2) is 0 Å². The molecule has 0 aliphatic rings. The molecule has 1 aromatic carbocycles. The third-order valence-electron chi connectivity index (χ3n) is 4.51. The molecule has 10 heteroatoms. The lowest BCUT2D eigenvalue weighted by atomic mass is 10.2. The molecule has 31 heavy (non-hydrogen) atoms. The average Bonchev–Trinajstić information content (AvgIpc) is 3.13. The van der Waals surface area contributed by atoms with Gasteiger partial charge in [-0.2, -0.15) is 0 Å². The van der Waals surface area contributed by atoms with Crippen molar-refractivity contribution in [2.45, 2.75) is 20.5 Å². The Balaban J connectivity index is 1.34. The van der Waals surface area contributed by atoms with Crippen LogP contribution in [0.5, 0.6) is 0 Å². The van der Waals surface area contributed by atoms with Crippen molar-refractivity contribution in [2.24, 2.45) is 0 Å². The normalized spacial score (nSPS) is 10.4. The van der Waals surface area contributed by atoms with Crippen molar-refractivity contribution in [3.8, 4) is 5.82 Å². The summed E-state index contributed by atoms with van der Waals surface area (Å²) < 4.78 is 6.94. The first-order chi connectivity index (χ1) is 15.0. The van der Waals surface area contributed by atoms with Gasteiger partial charge in [0, 0.05) is 24.8 Å². The molecule has 0 unspecified atom stereocenters. The smallest absolute Gasteiger partial charge is 0.407 e. The molecular weight excluding hydrogens is 398 g/mol. The number of hydrogen-bond acceptors (Lipinski definition) is 7. The summed E-state index contributed by atoms with van der Waals surface area (Å²) in [6.45, 7) is 4.72. The van der Waals surface area contributed by atoms with Gasteiger partial charge in [0.05, 0.1) is 12.2 Å². The number of carbonyl (C=O) groups excluding carboxylic acids is 2. The fourth-order valence-corrected chi connectivity index (χ4v) is 2.69. The van der Waals surface area contributed by atoms with E-state index < -0.39 is 6.09 Å². The summed E-state index contributed by atoms with van der Waals surface area (Å²) >= 11 is 0. The second-order valence-electron chi connectivity index (χ2n) is 6.74. The standard InChI is InChI=1S/C21H25N7O3/c1-15-16(2)28(14-27-15)19-10-18(25-13-26-19)22-8-9-23-20(29)11-24-21(30)31-12-17-6-4-3-5-7-17/h3-7,10,13-14H,8-9,11-12H2,1-2H3,(H,23,29)(H,24,30)(H,22,25,26). The minimum Gasteiger partial charge on any atom is -0.445 e. The predicted molar refractivity (Wildman–Crippen MR) is 115 cm³/mol. The number of hydrogen-bond donors (Lipinski definition) is 3. The van der Waals surface area contributed by atoms with E-state index in [4.69, 9.17) is 4.74 Å². The van der Waals surface area contributed by atoms with E-state index in [0.717, 1.165) is 17.0 Å². The molecule has 2 amide bonds. The molecule has 162 valence electrons. The molecule has 3 N–H and O–H groups in total. The van der Waals surface area contributed by atoms with Crippen LogP contribution in [0.25, 0.3) is 5.82 Å². The van der Waals surface area contributed by atoms with Gasteiger partial charge in [-0.1, -0.05) is 30.3 Å². The van der Waals surface area contributed by atoms with Crippen LogP contribution in [0.1, 0.15) is 17.0 Å². The van der Waals surface area contributed by atoms with E-state index in [1.54, 1.807) is 12.4 Å². The van der Waals surface area contributed by atoms with Gasteiger partial charge in [0.1, 0.15) is 30.9 Å². The SMILES string of the molecule is Cc1ncn(-c2cc(NCCNC(=O)CNC(=O)OCc3ccccc3)ncn2)c1C. The van der Waals surface area contributed by atoms with Crippen LogP contribution in [-0.4, -0.2) is 51.2 Å². The Kier molecular flexibility index (Phi) is 7.52. The maximum Gasteiger partial charge on any atom is 0.407 e.